The van der Waals surface area contributed by atoms with Gasteiger partial charge in [0.15, 0.2) is 0 Å². The van der Waals surface area contributed by atoms with Crippen LogP contribution >= 0.6 is 0 Å². The average molecular weight is 168 g/mol. The molecule has 0 N–H and O–H groups in total. The highest BCUT2D eigenvalue weighted by atomic mass is 14.5. The van der Waals surface area contributed by atoms with Crippen molar-refractivity contribution in [3.63, 3.8) is 0 Å². The fourth-order valence-corrected chi connectivity index (χ4v) is 3.34. The predicted molar refractivity (Wildman–Crippen MR) is 55.2 cm³/mol. The van der Waals surface area contributed by atoms with E-state index in [0.29, 0.717) is 0 Å². The van der Waals surface area contributed by atoms with Gasteiger partial charge in [0.25, 0.3) is 0 Å². The maximum absolute atomic E-state index is 2.43. The van der Waals surface area contributed by atoms with Gasteiger partial charge in [0.2, 0.25) is 0 Å². The van der Waals surface area contributed by atoms with Crippen LogP contribution in [-0.2, 0) is 0 Å². The molecule has 0 saturated heterocycles. The Kier molecular flexibility index (Phi) is 3.20. The molecule has 0 aromatic carbocycles. The lowest BCUT2D eigenvalue weighted by molar-refractivity contribution is -0.0466. The molecule has 0 radical (unpaired) electrons. The predicted octanol–water partition coefficient (Wildman–Crippen LogP) is 4.25. The van der Waals surface area contributed by atoms with Crippen molar-refractivity contribution in [2.24, 2.45) is 17.3 Å². The smallest absolute Gasteiger partial charge is 0.0269 e. The van der Waals surface area contributed by atoms with Crippen LogP contribution in [0.2, 0.25) is 0 Å². The number of rotatable bonds is 4. The average Bonchev–Trinajstić information content (AvgIpc) is 2.10. The second-order valence-corrected chi connectivity index (χ2v) is 4.65. The Morgan fingerprint density at radius 1 is 1.17 bits per heavy atom. The minimum absolute atomic E-state index is 0.745. The second kappa shape index (κ2) is 3.81. The first-order valence-electron chi connectivity index (χ1n) is 5.70. The largest absolute Gasteiger partial charge is 0.0654 e. The van der Waals surface area contributed by atoms with Gasteiger partial charge in [-0.25, -0.2) is 0 Å². The maximum Gasteiger partial charge on any atom is -0.0269 e. The van der Waals surface area contributed by atoms with E-state index in [-0.39, 0.29) is 0 Å². The Morgan fingerprint density at radius 3 is 2.08 bits per heavy atom. The monoisotopic (exact) mass is 168 g/mol. The van der Waals surface area contributed by atoms with Gasteiger partial charge in [-0.05, 0) is 30.1 Å². The van der Waals surface area contributed by atoms with E-state index in [1.165, 1.54) is 32.1 Å². The zero-order valence-corrected chi connectivity index (χ0v) is 9.19. The third-order valence-corrected chi connectivity index (χ3v) is 4.21. The summed E-state index contributed by atoms with van der Waals surface area (Å²) in [6, 6.07) is 0. The van der Waals surface area contributed by atoms with Gasteiger partial charge in [0, 0.05) is 0 Å². The van der Waals surface area contributed by atoms with Crippen molar-refractivity contribution in [1.29, 1.82) is 0 Å². The number of hydrogen-bond acceptors (Lipinski definition) is 0. The van der Waals surface area contributed by atoms with Crippen LogP contribution in [0.4, 0.5) is 0 Å². The molecule has 1 fully saturated rings. The van der Waals surface area contributed by atoms with Crippen molar-refractivity contribution >= 4 is 0 Å². The van der Waals surface area contributed by atoms with E-state index in [0.717, 1.165) is 17.3 Å². The summed E-state index contributed by atoms with van der Waals surface area (Å²) in [5, 5.41) is 0. The molecule has 0 heterocycles. The van der Waals surface area contributed by atoms with Crippen molar-refractivity contribution < 1.29 is 0 Å². The number of hydrogen-bond donors (Lipinski definition) is 0. The summed E-state index contributed by atoms with van der Waals surface area (Å²) in [5.41, 5.74) is 0.745. The Hall–Kier alpha value is 0. The molecule has 0 spiro atoms. The summed E-state index contributed by atoms with van der Waals surface area (Å²) < 4.78 is 0. The van der Waals surface area contributed by atoms with Crippen LogP contribution < -0.4 is 0 Å². The molecule has 1 aliphatic rings. The molecule has 1 aliphatic carbocycles. The van der Waals surface area contributed by atoms with Crippen LogP contribution in [0.25, 0.3) is 0 Å². The van der Waals surface area contributed by atoms with E-state index in [1.807, 2.05) is 0 Å². The highest BCUT2D eigenvalue weighted by Crippen LogP contribution is 2.57. The molecule has 0 heteroatoms. The second-order valence-electron chi connectivity index (χ2n) is 4.65. The van der Waals surface area contributed by atoms with Crippen molar-refractivity contribution in [3.05, 3.63) is 0 Å². The molecule has 0 nitrogen and oxygen atoms in total. The first kappa shape index (κ1) is 10.1. The van der Waals surface area contributed by atoms with Gasteiger partial charge in [-0.15, -0.1) is 0 Å². The van der Waals surface area contributed by atoms with Crippen LogP contribution in [0.15, 0.2) is 0 Å². The van der Waals surface area contributed by atoms with Crippen LogP contribution in [0.1, 0.15) is 59.8 Å². The summed E-state index contributed by atoms with van der Waals surface area (Å²) in [6.07, 6.45) is 7.13. The highest BCUT2D eigenvalue weighted by molar-refractivity contribution is 4.97. The van der Waals surface area contributed by atoms with Crippen molar-refractivity contribution in [1.82, 2.24) is 0 Å². The van der Waals surface area contributed by atoms with E-state index in [9.17, 15) is 0 Å². The zero-order chi connectivity index (χ0) is 9.19. The Bertz CT molecular complexity index is 133. The van der Waals surface area contributed by atoms with Crippen LogP contribution in [0.3, 0.4) is 0 Å². The van der Waals surface area contributed by atoms with E-state index in [4.69, 9.17) is 0 Å². The third-order valence-electron chi connectivity index (χ3n) is 4.21. The summed E-state index contributed by atoms with van der Waals surface area (Å²) >= 11 is 0. The van der Waals surface area contributed by atoms with E-state index < -0.39 is 0 Å². The topological polar surface area (TPSA) is 0 Å². The minimum atomic E-state index is 0.745. The molecule has 2 unspecified atom stereocenters. The molecule has 0 aromatic rings. The van der Waals surface area contributed by atoms with Gasteiger partial charge in [-0.1, -0.05) is 47.0 Å². The van der Waals surface area contributed by atoms with Gasteiger partial charge in [-0.2, -0.15) is 0 Å². The van der Waals surface area contributed by atoms with Gasteiger partial charge >= 0.3 is 0 Å². The lowest BCUT2D eigenvalue weighted by atomic mass is 9.51. The van der Waals surface area contributed by atoms with Crippen LogP contribution in [-0.4, -0.2) is 0 Å². The zero-order valence-electron chi connectivity index (χ0n) is 9.19. The third kappa shape index (κ3) is 1.41. The SMILES string of the molecule is CCCC1C(C)CC1(CC)CC. The van der Waals surface area contributed by atoms with Gasteiger partial charge in [0.1, 0.15) is 0 Å². The highest BCUT2D eigenvalue weighted by Gasteiger charge is 2.47. The van der Waals surface area contributed by atoms with Gasteiger partial charge in [-0.3, -0.25) is 0 Å². The Morgan fingerprint density at radius 2 is 1.75 bits per heavy atom. The molecule has 1 rings (SSSR count). The molecule has 0 bridgehead atoms. The lowest BCUT2D eigenvalue weighted by Crippen LogP contribution is -2.45. The minimum Gasteiger partial charge on any atom is -0.0654 e. The normalized spacial score (nSPS) is 33.0. The fourth-order valence-electron chi connectivity index (χ4n) is 3.34. The first-order valence-corrected chi connectivity index (χ1v) is 5.70. The molecule has 1 saturated carbocycles. The van der Waals surface area contributed by atoms with Gasteiger partial charge < -0.3 is 0 Å². The van der Waals surface area contributed by atoms with Gasteiger partial charge in [0.05, 0.1) is 0 Å². The van der Waals surface area contributed by atoms with Crippen molar-refractivity contribution in [2.75, 3.05) is 0 Å². The quantitative estimate of drug-likeness (QED) is 0.588. The molecule has 0 amide bonds. The van der Waals surface area contributed by atoms with Crippen molar-refractivity contribution in [3.8, 4) is 0 Å². The van der Waals surface area contributed by atoms with E-state index in [2.05, 4.69) is 27.7 Å². The molecular formula is C12H24. The lowest BCUT2D eigenvalue weighted by Gasteiger charge is -2.54. The molecule has 2 atom stereocenters. The Balaban J connectivity index is 2.55. The summed E-state index contributed by atoms with van der Waals surface area (Å²) in [7, 11) is 0. The summed E-state index contributed by atoms with van der Waals surface area (Å²) in [6.45, 7) is 9.50. The van der Waals surface area contributed by atoms with Crippen LogP contribution in [0.5, 0.6) is 0 Å². The standard InChI is InChI=1S/C12H24/c1-5-8-11-10(4)9-12(11,6-2)7-3/h10-11H,5-9H2,1-4H3. The fraction of sp³-hybridized carbons (Fsp3) is 1.00. The van der Waals surface area contributed by atoms with E-state index in [1.54, 1.807) is 0 Å². The molecule has 0 aromatic heterocycles. The molecule has 72 valence electrons. The van der Waals surface area contributed by atoms with Crippen LogP contribution in [0, 0.1) is 17.3 Å². The molecule has 12 heavy (non-hydrogen) atoms. The maximum atomic E-state index is 2.43. The molecular weight excluding hydrogens is 144 g/mol. The van der Waals surface area contributed by atoms with Crippen molar-refractivity contribution in [2.45, 2.75) is 59.8 Å². The Labute approximate surface area is 77.7 Å². The summed E-state index contributed by atoms with van der Waals surface area (Å²) in [5.74, 6) is 2.04. The molecule has 0 aliphatic heterocycles. The summed E-state index contributed by atoms with van der Waals surface area (Å²) in [4.78, 5) is 0. The first-order chi connectivity index (χ1) is 5.70. The van der Waals surface area contributed by atoms with E-state index >= 15 is 0 Å².